The summed E-state index contributed by atoms with van der Waals surface area (Å²) < 4.78 is 29.1. The van der Waals surface area contributed by atoms with E-state index in [1.807, 2.05) is 4.83 Å². The number of rotatable bonds is 4. The van der Waals surface area contributed by atoms with Gasteiger partial charge in [0, 0.05) is 11.2 Å². The van der Waals surface area contributed by atoms with E-state index in [2.05, 4.69) is 16.6 Å². The second-order valence-electron chi connectivity index (χ2n) is 3.87. The molecule has 1 rings (SSSR count). The lowest BCUT2D eigenvalue weighted by molar-refractivity contribution is 0.0913. The molecule has 16 heavy (non-hydrogen) atoms. The van der Waals surface area contributed by atoms with Crippen LogP contribution < -0.4 is 10.3 Å². The van der Waals surface area contributed by atoms with E-state index in [4.69, 9.17) is 21.9 Å². The lowest BCUT2D eigenvalue weighted by Crippen LogP contribution is -2.50. The fourth-order valence-corrected chi connectivity index (χ4v) is 1.55. The molecule has 10 heteroatoms. The average molecular weight is 266 g/mol. The molecular formula is C6H11BN2O5S2. The van der Waals surface area contributed by atoms with Gasteiger partial charge in [-0.2, -0.15) is 0 Å². The van der Waals surface area contributed by atoms with Crippen molar-refractivity contribution in [2.75, 3.05) is 0 Å². The van der Waals surface area contributed by atoms with Crippen LogP contribution in [0.25, 0.3) is 0 Å². The largest absolute Gasteiger partial charge is 0.510 e. The molecule has 3 unspecified atom stereocenters. The third-order valence-electron chi connectivity index (χ3n) is 1.78. The summed E-state index contributed by atoms with van der Waals surface area (Å²) in [4.78, 5) is 12.8. The molecule has 0 aromatic heterocycles. The van der Waals surface area contributed by atoms with Crippen molar-refractivity contribution < 1.29 is 23.0 Å². The van der Waals surface area contributed by atoms with Gasteiger partial charge in [0.05, 0.1) is 7.85 Å². The molecule has 1 aliphatic heterocycles. The normalized spacial score (nSPS) is 29.3. The Labute approximate surface area is 99.3 Å². The number of carbonyl (C=O) groups excluding carboxylic acids is 1. The first kappa shape index (κ1) is 13.6. The first-order valence-electron chi connectivity index (χ1n) is 4.25. The van der Waals surface area contributed by atoms with Crippen molar-refractivity contribution in [3.05, 3.63) is 0 Å². The molecule has 3 N–H and O–H groups in total. The standard InChI is InChI=1S/C6H11BN2O5S2/c1-6(2,7)3-4(14-5(10)13-3)8-9-16(11,12)15/h3-4,8-9H,1-2H3,(H,11,12,15). The van der Waals surface area contributed by atoms with Gasteiger partial charge in [0.25, 0.3) is 0 Å². The molecule has 0 saturated carbocycles. The molecule has 0 bridgehead atoms. The Balaban J connectivity index is 2.68. The fourth-order valence-electron chi connectivity index (χ4n) is 1.14. The zero-order valence-corrected chi connectivity index (χ0v) is 10.3. The molecule has 0 aliphatic carbocycles. The minimum atomic E-state index is -3.61. The lowest BCUT2D eigenvalue weighted by atomic mass is 9.68. The Morgan fingerprint density at radius 2 is 2.12 bits per heavy atom. The van der Waals surface area contributed by atoms with E-state index in [0.717, 1.165) is 0 Å². The van der Waals surface area contributed by atoms with Crippen LogP contribution in [0.5, 0.6) is 0 Å². The average Bonchev–Trinajstić information content (AvgIpc) is 2.41. The Morgan fingerprint density at radius 1 is 1.56 bits per heavy atom. The number of hydrazine groups is 1. The van der Waals surface area contributed by atoms with E-state index in [0.29, 0.717) is 0 Å². The first-order chi connectivity index (χ1) is 7.09. The van der Waals surface area contributed by atoms with E-state index in [1.54, 1.807) is 13.8 Å². The predicted octanol–water partition coefficient (Wildman–Crippen LogP) is -0.557. The number of nitrogens with one attached hydrogen (secondary N) is 2. The summed E-state index contributed by atoms with van der Waals surface area (Å²) in [7, 11) is 2.13. The number of hydrogen-bond acceptors (Lipinski definition) is 6. The molecule has 2 radical (unpaired) electrons. The summed E-state index contributed by atoms with van der Waals surface area (Å²) >= 11 is 4.18. The molecule has 0 aromatic carbocycles. The van der Waals surface area contributed by atoms with Gasteiger partial charge in [-0.05, 0) is 5.31 Å². The van der Waals surface area contributed by atoms with Crippen LogP contribution in [0.3, 0.4) is 0 Å². The Bertz CT molecular complexity index is 379. The second-order valence-corrected chi connectivity index (χ2v) is 6.38. The number of hydrogen-bond donors (Lipinski definition) is 3. The van der Waals surface area contributed by atoms with Crippen molar-refractivity contribution in [2.45, 2.75) is 31.5 Å². The van der Waals surface area contributed by atoms with Crippen LogP contribution in [0.15, 0.2) is 0 Å². The van der Waals surface area contributed by atoms with Gasteiger partial charge in [0.15, 0.2) is 6.10 Å². The zero-order valence-electron chi connectivity index (χ0n) is 8.63. The minimum absolute atomic E-state index is 0.802. The summed E-state index contributed by atoms with van der Waals surface area (Å²) in [5.74, 6) is 0. The summed E-state index contributed by atoms with van der Waals surface area (Å²) in [6, 6.07) is 0. The quantitative estimate of drug-likeness (QED) is 0.356. The van der Waals surface area contributed by atoms with Crippen LogP contribution in [-0.2, 0) is 29.6 Å². The number of carbonyl (C=O) groups is 1. The van der Waals surface area contributed by atoms with Crippen molar-refractivity contribution in [1.29, 1.82) is 0 Å². The van der Waals surface area contributed by atoms with Gasteiger partial charge in [-0.3, -0.25) is 4.55 Å². The van der Waals surface area contributed by atoms with Gasteiger partial charge in [0.1, 0.15) is 0 Å². The molecule has 0 spiro atoms. The number of cyclic esters (lactones) is 2. The highest BCUT2D eigenvalue weighted by atomic mass is 32.8. The monoisotopic (exact) mass is 266 g/mol. The van der Waals surface area contributed by atoms with Gasteiger partial charge in [-0.15, -0.1) is 4.83 Å². The van der Waals surface area contributed by atoms with Crippen LogP contribution in [0.2, 0.25) is 5.31 Å². The summed E-state index contributed by atoms with van der Waals surface area (Å²) in [5, 5.41) is -0.872. The third kappa shape index (κ3) is 3.87. The SMILES string of the molecule is [B]C(C)(C)C1OC(=O)OC1NNS(=O)(O)=S. The van der Waals surface area contributed by atoms with Crippen LogP contribution in [0.1, 0.15) is 13.8 Å². The molecule has 0 aromatic rings. The predicted molar refractivity (Wildman–Crippen MR) is 59.3 cm³/mol. The van der Waals surface area contributed by atoms with E-state index in [9.17, 15) is 9.00 Å². The summed E-state index contributed by atoms with van der Waals surface area (Å²) in [5.41, 5.74) is 2.28. The first-order valence-corrected chi connectivity index (χ1v) is 6.69. The lowest BCUT2D eigenvalue weighted by Gasteiger charge is -2.28. The number of ether oxygens (including phenoxy) is 2. The van der Waals surface area contributed by atoms with Gasteiger partial charge in [-0.1, -0.05) is 13.8 Å². The molecular weight excluding hydrogens is 255 g/mol. The van der Waals surface area contributed by atoms with Gasteiger partial charge in [-0.25, -0.2) is 14.4 Å². The molecule has 1 saturated heterocycles. The van der Waals surface area contributed by atoms with Crippen LogP contribution in [-0.4, -0.2) is 35.1 Å². The van der Waals surface area contributed by atoms with Crippen molar-refractivity contribution in [3.63, 3.8) is 0 Å². The highest BCUT2D eigenvalue weighted by Crippen LogP contribution is 2.33. The van der Waals surface area contributed by atoms with Crippen LogP contribution >= 0.6 is 0 Å². The maximum Gasteiger partial charge on any atom is 0.510 e. The zero-order chi connectivity index (χ0) is 12.6. The second kappa shape index (κ2) is 4.45. The van der Waals surface area contributed by atoms with E-state index < -0.39 is 32.8 Å². The molecule has 90 valence electrons. The Kier molecular flexibility index (Phi) is 3.80. The van der Waals surface area contributed by atoms with Gasteiger partial charge >= 0.3 is 6.16 Å². The summed E-state index contributed by atoms with van der Waals surface area (Å²) in [6.45, 7) is 3.25. The van der Waals surface area contributed by atoms with E-state index in [1.165, 1.54) is 0 Å². The van der Waals surface area contributed by atoms with Crippen molar-refractivity contribution in [3.8, 4) is 0 Å². The van der Waals surface area contributed by atoms with Gasteiger partial charge in [0.2, 0.25) is 15.2 Å². The van der Waals surface area contributed by atoms with Gasteiger partial charge < -0.3 is 9.47 Å². The van der Waals surface area contributed by atoms with Crippen molar-refractivity contribution in [2.24, 2.45) is 0 Å². The third-order valence-corrected chi connectivity index (χ3v) is 2.41. The Morgan fingerprint density at radius 3 is 2.56 bits per heavy atom. The molecule has 7 nitrogen and oxygen atoms in total. The van der Waals surface area contributed by atoms with E-state index in [-0.39, 0.29) is 0 Å². The van der Waals surface area contributed by atoms with Crippen molar-refractivity contribution in [1.82, 2.24) is 10.3 Å². The minimum Gasteiger partial charge on any atom is -0.426 e. The maximum atomic E-state index is 10.9. The summed E-state index contributed by atoms with van der Waals surface area (Å²) in [6.07, 6.45) is -2.69. The maximum absolute atomic E-state index is 10.9. The topological polar surface area (TPSA) is 96.9 Å². The highest BCUT2D eigenvalue weighted by Gasteiger charge is 2.43. The molecule has 1 aliphatic rings. The highest BCUT2D eigenvalue weighted by molar-refractivity contribution is 8.28. The smallest absolute Gasteiger partial charge is 0.426 e. The fraction of sp³-hybridized carbons (Fsp3) is 0.833. The van der Waals surface area contributed by atoms with Crippen LogP contribution in [0.4, 0.5) is 4.79 Å². The van der Waals surface area contributed by atoms with Crippen LogP contribution in [0, 0.1) is 0 Å². The molecule has 3 atom stereocenters. The van der Waals surface area contributed by atoms with Crippen molar-refractivity contribution >= 4 is 34.1 Å². The molecule has 1 fully saturated rings. The van der Waals surface area contributed by atoms with E-state index >= 15 is 0 Å². The Hall–Kier alpha value is -0.415. The molecule has 1 heterocycles. The molecule has 0 amide bonds.